The molecule has 0 spiro atoms. The van der Waals surface area contributed by atoms with Crippen LogP contribution in [-0.2, 0) is 99.5 Å². The van der Waals surface area contributed by atoms with Gasteiger partial charge in [0.1, 0.15) is 82.0 Å². The molecule has 58 heteroatoms. The Morgan fingerprint density at radius 3 is 1.39 bits per heavy atom. The lowest BCUT2D eigenvalue weighted by atomic mass is 9.96. The maximum atomic E-state index is 11.9. The van der Waals surface area contributed by atoms with E-state index in [1.54, 1.807) is 6.92 Å². The number of nitrogens with two attached hydrogens (primary N) is 1. The number of hydrogen-bond donors (Lipinski definition) is 19. The number of imidazole rings is 1. The zero-order valence-electron chi connectivity index (χ0n) is 46.4. The van der Waals surface area contributed by atoms with Gasteiger partial charge in [-0.2, -0.15) is 25.9 Å². The number of nitrogens with one attached hydrogen (secondary N) is 1. The lowest BCUT2D eigenvalue weighted by Crippen LogP contribution is -2.53. The summed E-state index contributed by atoms with van der Waals surface area (Å²) in [5.41, 5.74) is 2.77. The fourth-order valence-corrected chi connectivity index (χ4v) is 17.5. The summed E-state index contributed by atoms with van der Waals surface area (Å²) < 4.78 is 154. The van der Waals surface area contributed by atoms with E-state index in [1.807, 2.05) is 0 Å². The Morgan fingerprint density at radius 1 is 0.587 bits per heavy atom. The molecule has 3 fully saturated rings. The summed E-state index contributed by atoms with van der Waals surface area (Å²) in [5.74, 6) is -0.213. The molecule has 7 heterocycles. The number of amides is 1. The molecular weight excluding hydrogens is 1470 g/mol. The Labute approximate surface area is 519 Å². The van der Waals surface area contributed by atoms with Crippen LogP contribution in [-0.4, -0.2) is 210 Å². The minimum Gasteiger partial charge on any atom is -0.388 e. The van der Waals surface area contributed by atoms with Crippen LogP contribution in [0.15, 0.2) is 67.0 Å². The van der Waals surface area contributed by atoms with Crippen molar-refractivity contribution in [3.63, 3.8) is 0 Å². The highest BCUT2D eigenvalue weighted by Crippen LogP contribution is 2.69. The second kappa shape index (κ2) is 29.0. The van der Waals surface area contributed by atoms with Gasteiger partial charge in [0.05, 0.1) is 31.8 Å². The standard InChI is InChI=1S/C12H19N4O13P3.C11H19ClN3O12P3.C11H19N2O14P3/c1-6-8-10(14-4-13-6)16(5-15-8)11-12(2,18)9(17)7(27-11)3-26-31(22,23)29-32(24,25)28-30(19,20)21;1-6-14-8(13)3-4-15(6)10-11(2,12)9(16)7(25-10)5-24-29(20,21)27-30(22,23)26-28(17,18)19;1-6-12-8(14)3-4-13(6)10-11(2,16)9(15)7(25-10)5-24-29(20,21)27-30(22,23)26-28(17,18)19/h4-5,7,9,11,17-18H,3H2,1-2H3,(H,22,23)(H,24,25)(H2,19,20,21);3-4,7,9-10,16H,1,5H2,2H3,(H2,13,14)(H,20,21)(H,22,23)(H2,17,18,19);3-4,7,9-10,15-16H,1,5H2,2H3,(H,12,14)(H,20,21)(H,22,23)(H2,17,18,19)/t7-,9-,11-,12-;2*7-,9-,10-,11-/m111/s1. The summed E-state index contributed by atoms with van der Waals surface area (Å²) in [4.78, 5) is 135. The molecule has 2 aromatic heterocycles. The second-order valence-electron chi connectivity index (χ2n) is 19.3. The number of halogens is 1. The van der Waals surface area contributed by atoms with Gasteiger partial charge in [0.2, 0.25) is 0 Å². The number of aryl methyl sites for hydroxylation is 1. The fraction of sp³-hybridized carbons (Fsp3) is 0.559. The zero-order valence-corrected chi connectivity index (χ0v) is 55.2. The molecule has 1 amide bonds. The van der Waals surface area contributed by atoms with Crippen LogP contribution in [0, 0.1) is 6.92 Å². The average Bonchev–Trinajstić information content (AvgIpc) is 1.62. The van der Waals surface area contributed by atoms with E-state index >= 15 is 0 Å². The molecule has 6 unspecified atom stereocenters. The van der Waals surface area contributed by atoms with Crippen molar-refractivity contribution in [2.45, 2.75) is 99.1 Å². The smallest absolute Gasteiger partial charge is 0.388 e. The third-order valence-corrected chi connectivity index (χ3v) is 23.7. The Kier molecular flexibility index (Phi) is 25.2. The molecule has 524 valence electrons. The monoisotopic (exact) mass is 1530 g/mol. The van der Waals surface area contributed by atoms with E-state index in [1.165, 1.54) is 54.4 Å². The number of rotatable bonds is 24. The Balaban J connectivity index is 0.000000251. The minimum atomic E-state index is -5.71. The van der Waals surface area contributed by atoms with Gasteiger partial charge in [0.25, 0.3) is 5.91 Å². The molecule has 0 saturated carbocycles. The van der Waals surface area contributed by atoms with Crippen molar-refractivity contribution in [3.05, 3.63) is 67.7 Å². The van der Waals surface area contributed by atoms with E-state index < -0.39 is 168 Å². The number of hydrogen-bond acceptors (Lipinski definition) is 34. The first kappa shape index (κ1) is 79.9. The fourth-order valence-electron chi connectivity index (χ4n) is 8.07. The Morgan fingerprint density at radius 2 is 0.978 bits per heavy atom. The van der Waals surface area contributed by atoms with Crippen LogP contribution in [0.3, 0.4) is 0 Å². The van der Waals surface area contributed by atoms with Crippen LogP contribution in [0.25, 0.3) is 11.2 Å². The average molecular weight is 1530 g/mol. The summed E-state index contributed by atoms with van der Waals surface area (Å²) >= 11 is 6.36. The maximum absolute atomic E-state index is 11.9. The number of carbonyl (C=O) groups is 1. The third-order valence-electron chi connectivity index (χ3n) is 11.9. The summed E-state index contributed by atoms with van der Waals surface area (Å²) in [6.45, 7) is 9.88. The van der Waals surface area contributed by atoms with Crippen LogP contribution in [0.5, 0.6) is 0 Å². The first-order valence-electron chi connectivity index (χ1n) is 24.0. The second-order valence-corrected chi connectivity index (χ2v) is 33.4. The summed E-state index contributed by atoms with van der Waals surface area (Å²) in [6.07, 6.45) is -5.23. The van der Waals surface area contributed by atoms with Gasteiger partial charge in [0.15, 0.2) is 24.3 Å². The molecule has 0 radical (unpaired) electrons. The van der Waals surface area contributed by atoms with Gasteiger partial charge in [-0.05, 0) is 33.8 Å². The molecular formula is C34H57ClN9O39P9. The highest BCUT2D eigenvalue weighted by molar-refractivity contribution is 7.67. The number of fused-ring (bicyclic) bond motifs is 1. The van der Waals surface area contributed by atoms with Gasteiger partial charge in [-0.3, -0.25) is 22.9 Å². The lowest BCUT2D eigenvalue weighted by Gasteiger charge is -2.37. The van der Waals surface area contributed by atoms with Crippen molar-refractivity contribution in [3.8, 4) is 0 Å². The lowest BCUT2D eigenvalue weighted by molar-refractivity contribution is -0.124. The van der Waals surface area contributed by atoms with Crippen molar-refractivity contribution < 1.29 is 184 Å². The normalized spacial score (nSPS) is 32.6. The zero-order chi connectivity index (χ0) is 70.4. The van der Waals surface area contributed by atoms with Gasteiger partial charge in [-0.25, -0.2) is 61.0 Å². The molecule has 0 bridgehead atoms. The SMILES string of the molecule is C=C1N=C(N)C=CN1[C@@H]1O[C@H](COP(=O)(O)OP(=O)(O)OP(=O)(O)O)[C@@H](O)[C@@]1(C)Cl.C=C1NC(=O)C=CN1[C@@H]1O[C@H](COP(=O)(O)OP(=O)(O)OP(=O)(O)O)[C@@H](O)[C@@]1(C)O.Cc1ncnc2c1ncn2[C@@H]1O[C@H](COP(=O)(O)OP(=O)(O)OP(=O)(O)O)[C@@H](O)[C@@]1(C)O. The van der Waals surface area contributed by atoms with E-state index in [4.69, 9.17) is 75.6 Å². The van der Waals surface area contributed by atoms with Crippen LogP contribution in [0.2, 0.25) is 0 Å². The van der Waals surface area contributed by atoms with Gasteiger partial charge < -0.3 is 119 Å². The first-order chi connectivity index (χ1) is 41.4. The molecule has 48 nitrogen and oxygen atoms in total. The topological polar surface area (TPSA) is 726 Å². The number of amidine groups is 1. The molecule has 0 aromatic carbocycles. The largest absolute Gasteiger partial charge is 0.490 e. The van der Waals surface area contributed by atoms with Crippen LogP contribution in [0.1, 0.15) is 32.7 Å². The van der Waals surface area contributed by atoms with E-state index in [0.29, 0.717) is 11.2 Å². The molecule has 92 heavy (non-hydrogen) atoms. The molecule has 5 aliphatic heterocycles. The number of aliphatic hydroxyl groups is 5. The molecule has 20 N–H and O–H groups in total. The number of phosphoric ester groups is 3. The molecule has 2 aromatic rings. The van der Waals surface area contributed by atoms with Crippen molar-refractivity contribution in [1.82, 2.24) is 34.6 Å². The number of ether oxygens (including phenoxy) is 3. The number of aliphatic imine (C=N–C) groups is 1. The van der Waals surface area contributed by atoms with Crippen LogP contribution in [0.4, 0.5) is 0 Å². The number of nitrogens with zero attached hydrogens (tertiary/aromatic N) is 7. The van der Waals surface area contributed by atoms with E-state index in [0.717, 1.165) is 17.9 Å². The number of phosphoric acid groups is 9. The van der Waals surface area contributed by atoms with Crippen molar-refractivity contribution in [2.24, 2.45) is 10.7 Å². The molecule has 5 aliphatic rings. The quantitative estimate of drug-likeness (QED) is 0.0405. The maximum Gasteiger partial charge on any atom is 0.490 e. The Bertz CT molecular complexity index is 3670. The summed E-state index contributed by atoms with van der Waals surface area (Å²) in [7, 11) is -50.0. The summed E-state index contributed by atoms with van der Waals surface area (Å²) in [5, 5.41) is 54.8. The predicted molar refractivity (Wildman–Crippen MR) is 294 cm³/mol. The van der Waals surface area contributed by atoms with E-state index in [-0.39, 0.29) is 23.1 Å². The van der Waals surface area contributed by atoms with Gasteiger partial charge in [-0.1, -0.05) is 13.2 Å². The van der Waals surface area contributed by atoms with Gasteiger partial charge in [0, 0.05) is 18.5 Å². The van der Waals surface area contributed by atoms with Crippen molar-refractivity contribution in [1.29, 1.82) is 0 Å². The number of carbonyl (C=O) groups excluding carboxylic acids is 1. The van der Waals surface area contributed by atoms with E-state index in [2.05, 4.69) is 77.9 Å². The van der Waals surface area contributed by atoms with Gasteiger partial charge >= 0.3 is 70.4 Å². The highest BCUT2D eigenvalue weighted by Gasteiger charge is 2.58. The first-order valence-corrected chi connectivity index (χ1v) is 37.9. The minimum absolute atomic E-state index is 0.00601. The molecule has 7 rings (SSSR count). The molecule has 0 aliphatic carbocycles. The molecule has 18 atom stereocenters. The summed E-state index contributed by atoms with van der Waals surface area (Å²) in [6, 6.07) is 0. The van der Waals surface area contributed by atoms with Gasteiger partial charge in [-0.15, -0.1) is 11.6 Å². The molecule has 3 saturated heterocycles. The van der Waals surface area contributed by atoms with Crippen LogP contribution < -0.4 is 11.1 Å². The third kappa shape index (κ3) is 21.9. The van der Waals surface area contributed by atoms with Crippen LogP contribution >= 0.6 is 82.0 Å². The highest BCUT2D eigenvalue weighted by atomic mass is 35.5. The Hall–Kier alpha value is -2.75. The predicted octanol–water partition coefficient (Wildman–Crippen LogP) is -1.86. The van der Waals surface area contributed by atoms with E-state index in [9.17, 15) is 86.1 Å². The number of alkyl halides is 1. The number of aliphatic hydroxyl groups excluding tert-OH is 3. The van der Waals surface area contributed by atoms with Crippen molar-refractivity contribution in [2.75, 3.05) is 19.8 Å². The van der Waals surface area contributed by atoms with Crippen molar-refractivity contribution >= 4 is 105 Å². The number of aromatic nitrogens is 4.